The second kappa shape index (κ2) is 6.24. The molecule has 5 unspecified atom stereocenters. The van der Waals surface area contributed by atoms with Crippen LogP contribution in [0.3, 0.4) is 0 Å². The molecule has 0 saturated carbocycles. The molecule has 0 spiro atoms. The van der Waals surface area contributed by atoms with Gasteiger partial charge in [-0.15, -0.1) is 0 Å². The van der Waals surface area contributed by atoms with Gasteiger partial charge in [-0.05, 0) is 18.2 Å². The number of hydrogen-bond donors (Lipinski definition) is 1. The second-order valence-corrected chi connectivity index (χ2v) is 7.04. The predicted octanol–water partition coefficient (Wildman–Crippen LogP) is 1.88. The number of nitrogens with two attached hydrogens (primary N) is 1. The molecule has 2 saturated heterocycles. The van der Waals surface area contributed by atoms with E-state index in [4.69, 9.17) is 19.9 Å². The Morgan fingerprint density at radius 3 is 2.95 bits per heavy atom. The molecule has 5 nitrogen and oxygen atoms in total. The van der Waals surface area contributed by atoms with Crippen LogP contribution in [0.2, 0.25) is 0 Å². The molecular weight excluding hydrogens is 356 g/mol. The van der Waals surface area contributed by atoms with Gasteiger partial charge in [0.2, 0.25) is 0 Å². The van der Waals surface area contributed by atoms with Gasteiger partial charge in [0, 0.05) is 16.5 Å². The lowest BCUT2D eigenvalue weighted by Gasteiger charge is -2.49. The van der Waals surface area contributed by atoms with Crippen LogP contribution in [-0.4, -0.2) is 43.5 Å². The van der Waals surface area contributed by atoms with E-state index in [0.29, 0.717) is 12.2 Å². The van der Waals surface area contributed by atoms with Crippen molar-refractivity contribution < 1.29 is 14.2 Å². The standard InChI is InChI=1S/C14H15BrN2O3S/c1-18-13-11(17)12-9(6-19-12)20-14(13)21-10-4-8(15)3-2-7(10)5-16/h2-4,9,11-14H,6,17H2,1H3. The van der Waals surface area contributed by atoms with E-state index in [2.05, 4.69) is 22.0 Å². The fraction of sp³-hybridized carbons (Fsp3) is 0.500. The number of nitrogens with zero attached hydrogens (tertiary/aromatic N) is 1. The lowest BCUT2D eigenvalue weighted by Crippen LogP contribution is -2.68. The minimum absolute atomic E-state index is 0.0154. The van der Waals surface area contributed by atoms with Crippen molar-refractivity contribution in [3.05, 3.63) is 28.2 Å². The number of ether oxygens (including phenoxy) is 3. The van der Waals surface area contributed by atoms with Crippen LogP contribution in [0.5, 0.6) is 0 Å². The molecule has 2 aliphatic heterocycles. The Labute approximate surface area is 135 Å². The maximum absolute atomic E-state index is 9.22. The predicted molar refractivity (Wildman–Crippen MR) is 81.9 cm³/mol. The number of hydrogen-bond acceptors (Lipinski definition) is 6. The van der Waals surface area contributed by atoms with Gasteiger partial charge in [-0.2, -0.15) is 5.26 Å². The first-order chi connectivity index (χ1) is 10.1. The highest BCUT2D eigenvalue weighted by Gasteiger charge is 2.50. The smallest absolute Gasteiger partial charge is 0.136 e. The summed E-state index contributed by atoms with van der Waals surface area (Å²) in [6, 6.07) is 7.51. The third-order valence-electron chi connectivity index (χ3n) is 3.73. The molecule has 112 valence electrons. The van der Waals surface area contributed by atoms with Crippen molar-refractivity contribution in [2.75, 3.05) is 13.7 Å². The summed E-state index contributed by atoms with van der Waals surface area (Å²) in [7, 11) is 1.62. The minimum Gasteiger partial charge on any atom is -0.376 e. The van der Waals surface area contributed by atoms with Crippen LogP contribution in [0.15, 0.2) is 27.6 Å². The lowest BCUT2D eigenvalue weighted by molar-refractivity contribution is -0.254. The number of nitriles is 1. The summed E-state index contributed by atoms with van der Waals surface area (Å²) in [6.45, 7) is 0.565. The molecule has 0 aliphatic carbocycles. The first-order valence-corrected chi connectivity index (χ1v) is 8.23. The van der Waals surface area contributed by atoms with Crippen molar-refractivity contribution in [1.82, 2.24) is 0 Å². The minimum atomic E-state index is -0.276. The molecule has 2 heterocycles. The highest BCUT2D eigenvalue weighted by molar-refractivity contribution is 9.10. The Kier molecular flexibility index (Phi) is 4.54. The van der Waals surface area contributed by atoms with Crippen LogP contribution in [0.1, 0.15) is 5.56 Å². The monoisotopic (exact) mass is 370 g/mol. The fourth-order valence-corrected chi connectivity index (χ4v) is 4.38. The number of thioether (sulfide) groups is 1. The van der Waals surface area contributed by atoms with E-state index < -0.39 is 0 Å². The summed E-state index contributed by atoms with van der Waals surface area (Å²) in [4.78, 5) is 0.852. The SMILES string of the molecule is COC1C(Sc2cc(Br)ccc2C#N)OC2COC2C1N. The molecule has 21 heavy (non-hydrogen) atoms. The molecule has 2 aliphatic rings. The maximum Gasteiger partial charge on any atom is 0.136 e. The Balaban J connectivity index is 1.83. The van der Waals surface area contributed by atoms with Crippen LogP contribution < -0.4 is 5.73 Å². The molecule has 5 atom stereocenters. The van der Waals surface area contributed by atoms with Gasteiger partial charge in [-0.3, -0.25) is 0 Å². The molecule has 7 heteroatoms. The Hall–Kier alpha value is -0.620. The zero-order valence-electron chi connectivity index (χ0n) is 11.4. The van der Waals surface area contributed by atoms with Gasteiger partial charge in [0.05, 0.1) is 18.2 Å². The van der Waals surface area contributed by atoms with Gasteiger partial charge in [0.15, 0.2) is 0 Å². The fourth-order valence-electron chi connectivity index (χ4n) is 2.55. The van der Waals surface area contributed by atoms with Crippen molar-refractivity contribution in [2.24, 2.45) is 5.73 Å². The summed E-state index contributed by atoms with van der Waals surface area (Å²) in [5.41, 5.74) is 6.56. The second-order valence-electron chi connectivity index (χ2n) is 4.99. The van der Waals surface area contributed by atoms with Gasteiger partial charge < -0.3 is 19.9 Å². The molecule has 0 bridgehead atoms. The molecule has 2 fully saturated rings. The van der Waals surface area contributed by atoms with E-state index in [1.54, 1.807) is 13.2 Å². The van der Waals surface area contributed by atoms with Gasteiger partial charge >= 0.3 is 0 Å². The molecule has 1 aromatic carbocycles. The number of methoxy groups -OCH3 is 1. The molecular formula is C14H15BrN2O3S. The average Bonchev–Trinajstić information content (AvgIpc) is 2.43. The topological polar surface area (TPSA) is 77.5 Å². The average molecular weight is 371 g/mol. The third-order valence-corrected chi connectivity index (χ3v) is 5.43. The van der Waals surface area contributed by atoms with Crippen LogP contribution in [-0.2, 0) is 14.2 Å². The van der Waals surface area contributed by atoms with Crippen molar-refractivity contribution in [3.63, 3.8) is 0 Å². The number of benzene rings is 1. The van der Waals surface area contributed by atoms with E-state index in [1.807, 2.05) is 12.1 Å². The van der Waals surface area contributed by atoms with Crippen LogP contribution in [0.4, 0.5) is 0 Å². The largest absolute Gasteiger partial charge is 0.376 e. The highest BCUT2D eigenvalue weighted by atomic mass is 79.9. The molecule has 2 N–H and O–H groups in total. The van der Waals surface area contributed by atoms with E-state index >= 15 is 0 Å². The Morgan fingerprint density at radius 2 is 2.33 bits per heavy atom. The lowest BCUT2D eigenvalue weighted by atomic mass is 9.94. The zero-order chi connectivity index (χ0) is 15.0. The normalized spacial score (nSPS) is 34.7. The first kappa shape index (κ1) is 15.3. The molecule has 0 amide bonds. The van der Waals surface area contributed by atoms with Crippen molar-refractivity contribution in [3.8, 4) is 6.07 Å². The number of fused-ring (bicyclic) bond motifs is 1. The van der Waals surface area contributed by atoms with Gasteiger partial charge in [-0.1, -0.05) is 27.7 Å². The van der Waals surface area contributed by atoms with Crippen molar-refractivity contribution in [2.45, 2.75) is 34.7 Å². The van der Waals surface area contributed by atoms with Gasteiger partial charge in [0.1, 0.15) is 29.8 Å². The third kappa shape index (κ3) is 2.84. The van der Waals surface area contributed by atoms with Crippen LogP contribution in [0.25, 0.3) is 0 Å². The Bertz CT molecular complexity index is 580. The summed E-state index contributed by atoms with van der Waals surface area (Å²) < 4.78 is 17.9. The van der Waals surface area contributed by atoms with E-state index in [-0.39, 0.29) is 29.8 Å². The van der Waals surface area contributed by atoms with Crippen LogP contribution in [0, 0.1) is 11.3 Å². The van der Waals surface area contributed by atoms with Crippen molar-refractivity contribution >= 4 is 27.7 Å². The van der Waals surface area contributed by atoms with Crippen molar-refractivity contribution in [1.29, 1.82) is 5.26 Å². The van der Waals surface area contributed by atoms with E-state index in [9.17, 15) is 5.26 Å². The quantitative estimate of drug-likeness (QED) is 0.874. The maximum atomic E-state index is 9.22. The summed E-state index contributed by atoms with van der Waals surface area (Å²) in [6.07, 6.45) is -0.353. The summed E-state index contributed by atoms with van der Waals surface area (Å²) in [5.74, 6) is 0. The van der Waals surface area contributed by atoms with Gasteiger partial charge in [-0.25, -0.2) is 0 Å². The molecule has 3 rings (SSSR count). The van der Waals surface area contributed by atoms with E-state index in [0.717, 1.165) is 9.37 Å². The molecule has 1 aromatic rings. The molecule has 0 radical (unpaired) electrons. The number of halogens is 1. The summed E-state index contributed by atoms with van der Waals surface area (Å²) in [5, 5.41) is 9.22. The van der Waals surface area contributed by atoms with E-state index in [1.165, 1.54) is 11.8 Å². The highest BCUT2D eigenvalue weighted by Crippen LogP contribution is 2.39. The molecule has 0 aromatic heterocycles. The van der Waals surface area contributed by atoms with Gasteiger partial charge in [0.25, 0.3) is 0 Å². The first-order valence-electron chi connectivity index (χ1n) is 6.56. The zero-order valence-corrected chi connectivity index (χ0v) is 13.8. The number of rotatable bonds is 3. The summed E-state index contributed by atoms with van der Waals surface area (Å²) >= 11 is 4.90. The Morgan fingerprint density at radius 1 is 1.52 bits per heavy atom. The van der Waals surface area contributed by atoms with Crippen LogP contribution >= 0.6 is 27.7 Å².